The molecule has 0 bridgehead atoms. The Labute approximate surface area is 222 Å². The van der Waals surface area contributed by atoms with E-state index in [1.54, 1.807) is 11.7 Å². The molecule has 1 aliphatic carbocycles. The fraction of sp³-hybridized carbons (Fsp3) is 0.393. The molecule has 0 amide bonds. The van der Waals surface area contributed by atoms with Gasteiger partial charge in [0.15, 0.2) is 17.4 Å². The summed E-state index contributed by atoms with van der Waals surface area (Å²) in [7, 11) is 1.25. The summed E-state index contributed by atoms with van der Waals surface area (Å²) in [4.78, 5) is 15.6. The van der Waals surface area contributed by atoms with E-state index in [4.69, 9.17) is 14.5 Å². The van der Waals surface area contributed by atoms with Gasteiger partial charge in [0.2, 0.25) is 0 Å². The van der Waals surface area contributed by atoms with Crippen molar-refractivity contribution < 1.29 is 18.3 Å². The van der Waals surface area contributed by atoms with E-state index in [1.807, 2.05) is 6.20 Å². The molecular formula is C28H25F2N5O2S. The number of hydrogen-bond acceptors (Lipinski definition) is 7. The van der Waals surface area contributed by atoms with Crippen LogP contribution >= 0.6 is 11.3 Å². The quantitative estimate of drug-likeness (QED) is 0.339. The Morgan fingerprint density at radius 2 is 2.05 bits per heavy atom. The number of H-pyrrole nitrogens is 1. The topological polar surface area (TPSA) is 87.1 Å². The van der Waals surface area contributed by atoms with Crippen molar-refractivity contribution in [3.05, 3.63) is 52.8 Å². The van der Waals surface area contributed by atoms with E-state index in [1.165, 1.54) is 30.6 Å². The molecule has 0 radical (unpaired) electrons. The number of nitrogens with one attached hydrogen (secondary N) is 1. The van der Waals surface area contributed by atoms with Gasteiger partial charge in [-0.2, -0.15) is 5.26 Å². The zero-order chi connectivity index (χ0) is 26.1. The maximum atomic E-state index is 15.0. The van der Waals surface area contributed by atoms with E-state index in [2.05, 4.69) is 20.9 Å². The first-order chi connectivity index (χ1) is 18.5. The third-order valence-electron chi connectivity index (χ3n) is 8.31. The van der Waals surface area contributed by atoms with Crippen LogP contribution in [0, 0.1) is 28.4 Å². The maximum absolute atomic E-state index is 15.0. The monoisotopic (exact) mass is 533 g/mol. The smallest absolute Gasteiger partial charge is 0.190 e. The number of nitriles is 1. The molecule has 38 heavy (non-hydrogen) atoms. The van der Waals surface area contributed by atoms with Crippen molar-refractivity contribution >= 4 is 22.4 Å². The first kappa shape index (κ1) is 23.7. The Hall–Kier alpha value is -3.39. The van der Waals surface area contributed by atoms with Crippen molar-refractivity contribution in [2.24, 2.45) is 5.41 Å². The Morgan fingerprint density at radius 3 is 2.74 bits per heavy atom. The highest BCUT2D eigenvalue weighted by molar-refractivity contribution is 7.13. The number of aromatic amines is 1. The fourth-order valence-electron chi connectivity index (χ4n) is 6.35. The molecule has 1 atom stereocenters. The zero-order valence-electron chi connectivity index (χ0n) is 20.8. The largest absolute Gasteiger partial charge is 0.491 e. The second kappa shape index (κ2) is 8.56. The van der Waals surface area contributed by atoms with E-state index >= 15 is 0 Å². The summed E-state index contributed by atoms with van der Waals surface area (Å²) < 4.78 is 41.4. The lowest BCUT2D eigenvalue weighted by molar-refractivity contribution is -0.0296. The van der Waals surface area contributed by atoms with E-state index in [0.29, 0.717) is 36.3 Å². The molecule has 2 fully saturated rings. The Bertz CT molecular complexity index is 1580. The van der Waals surface area contributed by atoms with Gasteiger partial charge in [0.05, 0.1) is 35.9 Å². The van der Waals surface area contributed by atoms with Gasteiger partial charge >= 0.3 is 0 Å². The van der Waals surface area contributed by atoms with Crippen molar-refractivity contribution in [2.45, 2.75) is 37.9 Å². The number of pyridine rings is 1. The number of likely N-dealkylation sites (tertiary alicyclic amines) is 1. The van der Waals surface area contributed by atoms with Crippen LogP contribution in [0.3, 0.4) is 0 Å². The number of ether oxygens (including phenoxy) is 2. The van der Waals surface area contributed by atoms with Gasteiger partial charge in [-0.05, 0) is 42.4 Å². The first-order valence-electron chi connectivity index (χ1n) is 12.7. The number of aromatic nitrogens is 3. The van der Waals surface area contributed by atoms with Crippen molar-refractivity contribution in [3.63, 3.8) is 0 Å². The maximum Gasteiger partial charge on any atom is 0.190 e. The molecule has 5 heterocycles. The van der Waals surface area contributed by atoms with Crippen LogP contribution in [-0.4, -0.2) is 46.6 Å². The highest BCUT2D eigenvalue weighted by atomic mass is 32.1. The molecule has 3 aliphatic rings. The molecule has 1 spiro atoms. The van der Waals surface area contributed by atoms with Gasteiger partial charge in [-0.15, -0.1) is 11.3 Å². The number of rotatable bonds is 6. The van der Waals surface area contributed by atoms with Crippen LogP contribution in [0.2, 0.25) is 0 Å². The van der Waals surface area contributed by atoms with E-state index < -0.39 is 23.0 Å². The number of thiazole rings is 1. The third kappa shape index (κ3) is 3.56. The predicted molar refractivity (Wildman–Crippen MR) is 139 cm³/mol. The SMILES string of the molecule is COc1c(F)cc(-c2c(-c3cncs3)[nH]c3ncc4c(c23)[C@@]2(CCN(CC3(CC#N)CC3)C2)OC4)cc1F. The number of nitrogens with zero attached hydrogens (tertiary/aromatic N) is 4. The van der Waals surface area contributed by atoms with Crippen molar-refractivity contribution in [2.75, 3.05) is 26.7 Å². The van der Waals surface area contributed by atoms with Crippen LogP contribution in [0.15, 0.2) is 30.0 Å². The number of fused-ring (bicyclic) bond motifs is 4. The third-order valence-corrected chi connectivity index (χ3v) is 9.10. The number of benzene rings is 1. The van der Waals surface area contributed by atoms with Crippen LogP contribution in [0.1, 0.15) is 36.8 Å². The Morgan fingerprint density at radius 1 is 1.24 bits per heavy atom. The van der Waals surface area contributed by atoms with Crippen molar-refractivity contribution in [3.8, 4) is 33.5 Å². The molecule has 10 heteroatoms. The molecule has 7 rings (SSSR count). The Kier molecular flexibility index (Phi) is 5.34. The van der Waals surface area contributed by atoms with Gasteiger partial charge in [0.25, 0.3) is 0 Å². The molecule has 1 saturated carbocycles. The minimum Gasteiger partial charge on any atom is -0.491 e. The lowest BCUT2D eigenvalue weighted by atomic mass is 9.87. The molecular weight excluding hydrogens is 508 g/mol. The summed E-state index contributed by atoms with van der Waals surface area (Å²) in [6.07, 6.45) is 7.14. The summed E-state index contributed by atoms with van der Waals surface area (Å²) >= 11 is 1.44. The van der Waals surface area contributed by atoms with Gasteiger partial charge < -0.3 is 14.5 Å². The number of halogens is 2. The summed E-state index contributed by atoms with van der Waals surface area (Å²) in [6.45, 7) is 2.89. The molecule has 4 aromatic rings. The second-order valence-electron chi connectivity index (χ2n) is 10.7. The van der Waals surface area contributed by atoms with Crippen LogP contribution in [0.5, 0.6) is 5.75 Å². The number of methoxy groups -OCH3 is 1. The molecule has 7 nitrogen and oxygen atoms in total. The van der Waals surface area contributed by atoms with Gasteiger partial charge in [-0.25, -0.2) is 13.8 Å². The molecule has 3 aromatic heterocycles. The first-order valence-corrected chi connectivity index (χ1v) is 13.5. The van der Waals surface area contributed by atoms with E-state index in [9.17, 15) is 14.0 Å². The lowest BCUT2D eigenvalue weighted by Gasteiger charge is -2.27. The zero-order valence-corrected chi connectivity index (χ0v) is 21.6. The van der Waals surface area contributed by atoms with Crippen LogP contribution in [0.25, 0.3) is 32.7 Å². The van der Waals surface area contributed by atoms with Crippen LogP contribution in [0.4, 0.5) is 8.78 Å². The van der Waals surface area contributed by atoms with Crippen molar-refractivity contribution in [1.29, 1.82) is 5.26 Å². The van der Waals surface area contributed by atoms with Crippen molar-refractivity contribution in [1.82, 2.24) is 19.9 Å². The molecule has 1 saturated heterocycles. The van der Waals surface area contributed by atoms with Crippen LogP contribution in [-0.2, 0) is 16.9 Å². The van der Waals surface area contributed by atoms with Gasteiger partial charge in [0.1, 0.15) is 11.2 Å². The van der Waals surface area contributed by atoms with E-state index in [0.717, 1.165) is 59.4 Å². The molecule has 0 unspecified atom stereocenters. The highest BCUT2D eigenvalue weighted by Gasteiger charge is 2.51. The molecule has 1 aromatic carbocycles. The molecule has 2 aliphatic heterocycles. The lowest BCUT2D eigenvalue weighted by Crippen LogP contribution is -2.34. The average molecular weight is 534 g/mol. The number of hydrogen-bond donors (Lipinski definition) is 1. The second-order valence-corrected chi connectivity index (χ2v) is 11.6. The predicted octanol–water partition coefficient (Wildman–Crippen LogP) is 5.77. The van der Waals surface area contributed by atoms with Crippen LogP contribution < -0.4 is 4.74 Å². The van der Waals surface area contributed by atoms with Gasteiger partial charge in [-0.3, -0.25) is 9.88 Å². The Balaban J connectivity index is 1.41. The van der Waals surface area contributed by atoms with E-state index in [-0.39, 0.29) is 5.41 Å². The summed E-state index contributed by atoms with van der Waals surface area (Å²) in [5, 5.41) is 10.1. The fourth-order valence-corrected chi connectivity index (χ4v) is 6.98. The van der Waals surface area contributed by atoms with Gasteiger partial charge in [0, 0.05) is 60.5 Å². The highest BCUT2D eigenvalue weighted by Crippen LogP contribution is 2.53. The average Bonchev–Trinajstić information content (AvgIpc) is 3.36. The van der Waals surface area contributed by atoms with Gasteiger partial charge in [-0.1, -0.05) is 0 Å². The molecule has 194 valence electrons. The minimum absolute atomic E-state index is 0.103. The minimum atomic E-state index is -0.766. The standard InChI is InChI=1S/C28H25F2N5O2S/c1-36-25-18(29)8-16(9-19(25)30)21-22-23-17(10-33-26(22)34-24(21)20-11-32-15-38-20)12-37-28(23)5-7-35(14-28)13-27(2-3-27)4-6-31/h8-11,15H,2-5,7,12-14H2,1H3,(H,33,34)/t28-/m0/s1. The summed E-state index contributed by atoms with van der Waals surface area (Å²) in [5.41, 5.74) is 5.74. The summed E-state index contributed by atoms with van der Waals surface area (Å²) in [6, 6.07) is 4.99. The molecule has 1 N–H and O–H groups in total. The normalized spacial score (nSPS) is 21.7. The summed E-state index contributed by atoms with van der Waals surface area (Å²) in [5.74, 6) is -1.94.